The van der Waals surface area contributed by atoms with Crippen LogP contribution in [0.4, 0.5) is 0 Å². The van der Waals surface area contributed by atoms with Gasteiger partial charge in [0.25, 0.3) is 0 Å². The van der Waals surface area contributed by atoms with Crippen molar-refractivity contribution in [2.75, 3.05) is 0 Å². The van der Waals surface area contributed by atoms with E-state index in [9.17, 15) is 30.3 Å². The first-order chi connectivity index (χ1) is 16.2. The van der Waals surface area contributed by atoms with Gasteiger partial charge in [0.2, 0.25) is 0 Å². The Balaban J connectivity index is 1.43. The van der Waals surface area contributed by atoms with Gasteiger partial charge >= 0.3 is 5.97 Å². The van der Waals surface area contributed by atoms with E-state index in [1.807, 2.05) is 13.0 Å². The number of esters is 1. The monoisotopic (exact) mass is 492 g/mol. The number of carbonyl (C=O) groups is 1. The van der Waals surface area contributed by atoms with Crippen molar-refractivity contribution in [2.45, 2.75) is 105 Å². The molecular formula is C25H32O10. The fraction of sp³-hybridized carbons (Fsp3) is 0.800. The Morgan fingerprint density at radius 1 is 1.00 bits per heavy atom. The predicted molar refractivity (Wildman–Crippen MR) is 115 cm³/mol. The third-order valence-corrected chi connectivity index (χ3v) is 11.5. The quantitative estimate of drug-likeness (QED) is 0.257. The highest BCUT2D eigenvalue weighted by atomic mass is 16.6. The van der Waals surface area contributed by atoms with Gasteiger partial charge in [-0.2, -0.15) is 0 Å². The Bertz CT molecular complexity index is 1120. The molecule has 3 aliphatic carbocycles. The lowest BCUT2D eigenvalue weighted by Crippen LogP contribution is -2.80. The zero-order chi connectivity index (χ0) is 25.1. The minimum atomic E-state index is -2.29. The normalized spacial score (nSPS) is 64.1. The van der Waals surface area contributed by atoms with Gasteiger partial charge in [-0.1, -0.05) is 13.8 Å². The Hall–Kier alpha value is -1.53. The second-order valence-corrected chi connectivity index (χ2v) is 12.4. The summed E-state index contributed by atoms with van der Waals surface area (Å²) in [6.45, 7) is 6.58. The highest BCUT2D eigenvalue weighted by Crippen LogP contribution is 2.79. The lowest BCUT2D eigenvalue weighted by Gasteiger charge is -2.63. The minimum absolute atomic E-state index is 0.00965. The zero-order valence-electron chi connectivity index (χ0n) is 20.0. The molecular weight excluding hydrogens is 460 g/mol. The van der Waals surface area contributed by atoms with Crippen LogP contribution in [0.5, 0.6) is 0 Å². The van der Waals surface area contributed by atoms with Gasteiger partial charge in [0.15, 0.2) is 17.3 Å². The summed E-state index contributed by atoms with van der Waals surface area (Å²) >= 11 is 0. The summed E-state index contributed by atoms with van der Waals surface area (Å²) in [6.07, 6.45) is -2.83. The van der Waals surface area contributed by atoms with Crippen LogP contribution in [0.15, 0.2) is 23.0 Å². The number of furan rings is 1. The van der Waals surface area contributed by atoms with Gasteiger partial charge in [0.05, 0.1) is 43.0 Å². The van der Waals surface area contributed by atoms with Crippen LogP contribution in [0.2, 0.25) is 0 Å². The van der Waals surface area contributed by atoms with Crippen LogP contribution >= 0.6 is 0 Å². The molecule has 7 rings (SSSR count). The molecule has 6 aliphatic rings. The smallest absolute Gasteiger partial charge is 0.338 e. The Labute approximate surface area is 201 Å². The predicted octanol–water partition coefficient (Wildman–Crippen LogP) is -0.402. The lowest BCUT2D eigenvalue weighted by atomic mass is 9.42. The molecule has 5 N–H and O–H groups in total. The third kappa shape index (κ3) is 1.91. The van der Waals surface area contributed by atoms with Crippen molar-refractivity contribution in [1.29, 1.82) is 0 Å². The van der Waals surface area contributed by atoms with Crippen molar-refractivity contribution in [3.63, 3.8) is 0 Å². The molecule has 14 atom stereocenters. The summed E-state index contributed by atoms with van der Waals surface area (Å²) in [4.78, 5) is 12.6. The molecule has 0 unspecified atom stereocenters. The third-order valence-electron chi connectivity index (χ3n) is 11.5. The van der Waals surface area contributed by atoms with Crippen molar-refractivity contribution in [3.8, 4) is 0 Å². The first-order valence-corrected chi connectivity index (χ1v) is 12.3. The number of ether oxygens (including phenoxy) is 3. The lowest BCUT2D eigenvalue weighted by molar-refractivity contribution is -0.297. The van der Waals surface area contributed by atoms with Crippen LogP contribution in [0.3, 0.4) is 0 Å². The molecule has 35 heavy (non-hydrogen) atoms. The maximum Gasteiger partial charge on any atom is 0.338 e. The van der Waals surface area contributed by atoms with Gasteiger partial charge in [0, 0.05) is 29.1 Å². The summed E-state index contributed by atoms with van der Waals surface area (Å²) in [5.41, 5.74) is -8.44. The number of hydrogen-bond acceptors (Lipinski definition) is 10. The summed E-state index contributed by atoms with van der Waals surface area (Å²) in [5, 5.41) is 58.6. The summed E-state index contributed by atoms with van der Waals surface area (Å²) in [5.74, 6) is -2.17. The molecule has 0 aromatic carbocycles. The van der Waals surface area contributed by atoms with Crippen LogP contribution < -0.4 is 0 Å². The van der Waals surface area contributed by atoms with E-state index in [0.29, 0.717) is 6.42 Å². The van der Waals surface area contributed by atoms with E-state index in [-0.39, 0.29) is 18.4 Å². The summed E-state index contributed by atoms with van der Waals surface area (Å²) in [7, 11) is 0. The average Bonchev–Trinajstić information content (AvgIpc) is 3.06. The van der Waals surface area contributed by atoms with E-state index in [0.717, 1.165) is 5.56 Å². The summed E-state index contributed by atoms with van der Waals surface area (Å²) in [6, 6.07) is 1.85. The van der Waals surface area contributed by atoms with Crippen LogP contribution in [0.25, 0.3) is 0 Å². The van der Waals surface area contributed by atoms with Crippen molar-refractivity contribution in [2.24, 2.45) is 16.7 Å². The topological polar surface area (TPSA) is 162 Å². The standard InChI is InChI=1S/C25H32O10/c1-20-11(10-5-6-32-9-10)7-14-25(20,34-14)22(3,30)16-15(17(20)27)33-13-8-12(26)23(4)24(31,21(13,16)2)18(28)19(29)35-23/h5-6,9,11-18,26-28,30-31H,7-8H2,1-4H3/t11-,12-,13-,14+,15-,16+,17-,18-,20+,21+,22+,23-,24-,25+/m0/s1. The van der Waals surface area contributed by atoms with E-state index in [2.05, 4.69) is 0 Å². The second kappa shape index (κ2) is 5.96. The van der Waals surface area contributed by atoms with E-state index in [4.69, 9.17) is 18.6 Å². The second-order valence-electron chi connectivity index (χ2n) is 12.4. The van der Waals surface area contributed by atoms with Crippen LogP contribution in [-0.4, -0.2) is 90.5 Å². The van der Waals surface area contributed by atoms with Gasteiger partial charge < -0.3 is 44.2 Å². The van der Waals surface area contributed by atoms with Gasteiger partial charge in [0.1, 0.15) is 11.2 Å². The van der Waals surface area contributed by atoms with E-state index in [1.165, 1.54) is 6.92 Å². The van der Waals surface area contributed by atoms with Crippen LogP contribution in [0, 0.1) is 16.7 Å². The highest BCUT2D eigenvalue weighted by Gasteiger charge is 2.93. The largest absolute Gasteiger partial charge is 0.472 e. The van der Waals surface area contributed by atoms with Gasteiger partial charge in [-0.05, 0) is 31.9 Å². The van der Waals surface area contributed by atoms with Crippen molar-refractivity contribution in [3.05, 3.63) is 24.2 Å². The fourth-order valence-corrected chi connectivity index (χ4v) is 9.80. The Morgan fingerprint density at radius 2 is 1.71 bits per heavy atom. The number of fused-ring (bicyclic) bond motifs is 5. The summed E-state index contributed by atoms with van der Waals surface area (Å²) < 4.78 is 23.4. The number of epoxide rings is 1. The van der Waals surface area contributed by atoms with Crippen molar-refractivity contribution < 1.29 is 49.0 Å². The molecule has 3 aliphatic heterocycles. The zero-order valence-corrected chi connectivity index (χ0v) is 20.0. The SMILES string of the molecule is C[C@]12[C@H](C[C@H](O)[C@]3(C)OC(=O)[C@H](O)[C@]13O)O[C@H]1[C@H]2[C@@](C)(O)[C@@]23O[C@@H]2C[C@@H](c2ccoc2)[C@]3(C)[C@H]1O. The molecule has 10 heteroatoms. The molecule has 6 fully saturated rings. The molecule has 1 spiro atoms. The average molecular weight is 493 g/mol. The molecule has 3 saturated carbocycles. The number of aliphatic hydroxyl groups excluding tert-OH is 3. The fourth-order valence-electron chi connectivity index (χ4n) is 9.80. The number of hydrogen-bond donors (Lipinski definition) is 5. The highest BCUT2D eigenvalue weighted by molar-refractivity contribution is 5.81. The maximum absolute atomic E-state index is 12.6. The maximum atomic E-state index is 12.6. The van der Waals surface area contributed by atoms with Gasteiger partial charge in [-0.25, -0.2) is 4.79 Å². The van der Waals surface area contributed by atoms with Crippen molar-refractivity contribution in [1.82, 2.24) is 0 Å². The Morgan fingerprint density at radius 3 is 2.37 bits per heavy atom. The van der Waals surface area contributed by atoms with E-state index >= 15 is 0 Å². The number of carbonyl (C=O) groups excluding carboxylic acids is 1. The van der Waals surface area contributed by atoms with Gasteiger partial charge in [-0.3, -0.25) is 0 Å². The van der Waals surface area contributed by atoms with Gasteiger partial charge in [-0.15, -0.1) is 0 Å². The van der Waals surface area contributed by atoms with E-state index < -0.39 is 75.6 Å². The molecule has 3 saturated heterocycles. The molecule has 192 valence electrons. The van der Waals surface area contributed by atoms with Crippen molar-refractivity contribution >= 4 is 5.97 Å². The van der Waals surface area contributed by atoms with Crippen LogP contribution in [-0.2, 0) is 19.0 Å². The molecule has 0 amide bonds. The molecule has 0 radical (unpaired) electrons. The van der Waals surface area contributed by atoms with Crippen LogP contribution in [0.1, 0.15) is 52.0 Å². The number of rotatable bonds is 1. The first kappa shape index (κ1) is 22.7. The van der Waals surface area contributed by atoms with E-state index in [1.54, 1.807) is 26.4 Å². The molecule has 4 heterocycles. The number of aliphatic hydroxyl groups is 5. The first-order valence-electron chi connectivity index (χ1n) is 12.3. The Kier molecular flexibility index (Phi) is 3.86. The molecule has 1 aromatic rings. The molecule has 1 aromatic heterocycles. The minimum Gasteiger partial charge on any atom is -0.472 e. The molecule has 0 bridgehead atoms. The molecule has 10 nitrogen and oxygen atoms in total.